The molecule has 1 amide bonds. The van der Waals surface area contributed by atoms with Gasteiger partial charge in [0.1, 0.15) is 11.3 Å². The first-order chi connectivity index (χ1) is 24.0. The second-order valence-corrected chi connectivity index (χ2v) is 14.6. The van der Waals surface area contributed by atoms with Crippen LogP contribution >= 0.6 is 23.5 Å². The Morgan fingerprint density at radius 3 is 2.12 bits per heavy atom. The highest BCUT2D eigenvalue weighted by atomic mass is 32.2. The molecule has 0 spiro atoms. The van der Waals surface area contributed by atoms with E-state index in [0.29, 0.717) is 29.8 Å². The van der Waals surface area contributed by atoms with Gasteiger partial charge in [0.2, 0.25) is 5.91 Å². The molecule has 0 bridgehead atoms. The summed E-state index contributed by atoms with van der Waals surface area (Å²) in [6.45, 7) is 11.5. The van der Waals surface area contributed by atoms with Gasteiger partial charge in [0.15, 0.2) is 5.17 Å². The van der Waals surface area contributed by atoms with E-state index in [-0.39, 0.29) is 5.91 Å². The number of carbonyl (C=O) groups is 2. The van der Waals surface area contributed by atoms with Gasteiger partial charge in [-0.25, -0.2) is 0 Å². The number of aldehydes is 1. The molecule has 1 unspecified atom stereocenters. The molecule has 5 rings (SSSR count). The maximum atomic E-state index is 12.8. The van der Waals surface area contributed by atoms with Crippen LogP contribution in [-0.4, -0.2) is 80.7 Å². The van der Waals surface area contributed by atoms with E-state index in [9.17, 15) is 9.59 Å². The van der Waals surface area contributed by atoms with Crippen molar-refractivity contribution in [1.29, 1.82) is 0 Å². The van der Waals surface area contributed by atoms with Gasteiger partial charge in [-0.05, 0) is 93.3 Å². The van der Waals surface area contributed by atoms with Gasteiger partial charge in [-0.3, -0.25) is 4.79 Å². The molecule has 2 saturated heterocycles. The van der Waals surface area contributed by atoms with Crippen molar-refractivity contribution in [3.8, 4) is 0 Å². The topological polar surface area (TPSA) is 114 Å². The third kappa shape index (κ3) is 13.1. The number of benzene rings is 2. The Bertz CT molecular complexity index is 1420. The lowest BCUT2D eigenvalue weighted by Gasteiger charge is -2.29. The summed E-state index contributed by atoms with van der Waals surface area (Å²) >= 11 is 3.24. The molecular weight excluding hydrogens is 653 g/mol. The van der Waals surface area contributed by atoms with Crippen LogP contribution in [0.5, 0.6) is 0 Å². The normalized spacial score (nSPS) is 19.6. The smallest absolute Gasteiger partial charge is 0.230 e. The van der Waals surface area contributed by atoms with Crippen LogP contribution in [0.15, 0.2) is 68.9 Å². The van der Waals surface area contributed by atoms with E-state index in [2.05, 4.69) is 78.5 Å². The molecule has 2 aromatic carbocycles. The quantitative estimate of drug-likeness (QED) is 0.0815. The Morgan fingerprint density at radius 1 is 0.878 bits per heavy atom. The van der Waals surface area contributed by atoms with Crippen LogP contribution < -0.4 is 20.4 Å². The van der Waals surface area contributed by atoms with E-state index in [1.54, 1.807) is 23.5 Å². The third-order valence-corrected chi connectivity index (χ3v) is 11.2. The Hall–Kier alpha value is -3.48. The second kappa shape index (κ2) is 21.6. The van der Waals surface area contributed by atoms with Gasteiger partial charge in [0.25, 0.3) is 0 Å². The van der Waals surface area contributed by atoms with Gasteiger partial charge in [0, 0.05) is 75.0 Å². The van der Waals surface area contributed by atoms with Crippen molar-refractivity contribution in [3.63, 3.8) is 0 Å². The van der Waals surface area contributed by atoms with Crippen molar-refractivity contribution in [3.05, 3.63) is 59.7 Å². The Kier molecular flexibility index (Phi) is 16.9. The van der Waals surface area contributed by atoms with Crippen LogP contribution in [0.25, 0.3) is 0 Å². The van der Waals surface area contributed by atoms with E-state index in [1.807, 2.05) is 31.3 Å². The van der Waals surface area contributed by atoms with Crippen LogP contribution in [0.4, 0.5) is 11.4 Å². The van der Waals surface area contributed by atoms with Crippen molar-refractivity contribution < 1.29 is 9.59 Å². The Balaban J connectivity index is 0.000000319. The fraction of sp³-hybridized carbons (Fsp3) is 0.514. The lowest BCUT2D eigenvalue weighted by Crippen LogP contribution is -2.31. The minimum absolute atomic E-state index is 0.0880. The number of thioether (sulfide) groups is 2. The lowest BCUT2D eigenvalue weighted by atomic mass is 9.83. The molecule has 0 aromatic heterocycles. The van der Waals surface area contributed by atoms with Crippen molar-refractivity contribution in [2.24, 2.45) is 32.2 Å². The highest BCUT2D eigenvalue weighted by Crippen LogP contribution is 2.35. The van der Waals surface area contributed by atoms with E-state index < -0.39 is 0 Å². The van der Waals surface area contributed by atoms with E-state index in [4.69, 9.17) is 0 Å². The number of amides is 1. The van der Waals surface area contributed by atoms with Crippen molar-refractivity contribution >= 4 is 70.7 Å². The molecule has 2 aliphatic heterocycles. The van der Waals surface area contributed by atoms with Gasteiger partial charge < -0.3 is 25.2 Å². The first kappa shape index (κ1) is 38.3. The Morgan fingerprint density at radius 2 is 1.51 bits per heavy atom. The summed E-state index contributed by atoms with van der Waals surface area (Å²) in [6.07, 6.45) is 11.3. The van der Waals surface area contributed by atoms with Gasteiger partial charge in [-0.1, -0.05) is 54.2 Å². The number of nitrogens with zero attached hydrogens (tertiary/aromatic N) is 6. The van der Waals surface area contributed by atoms with Gasteiger partial charge in [-0.15, -0.1) is 10.2 Å². The van der Waals surface area contributed by atoms with Crippen molar-refractivity contribution in [1.82, 2.24) is 10.6 Å². The summed E-state index contributed by atoms with van der Waals surface area (Å²) in [6, 6.07) is 16.6. The van der Waals surface area contributed by atoms with Crippen molar-refractivity contribution in [2.75, 3.05) is 54.7 Å². The predicted molar refractivity (Wildman–Crippen MR) is 211 cm³/mol. The maximum absolute atomic E-state index is 12.8. The average molecular weight is 705 g/mol. The number of hydrogen-bond acceptors (Lipinski definition) is 11. The monoisotopic (exact) mass is 704 g/mol. The summed E-state index contributed by atoms with van der Waals surface area (Å²) in [4.78, 5) is 27.9. The molecule has 2 heterocycles. The van der Waals surface area contributed by atoms with Gasteiger partial charge >= 0.3 is 0 Å². The standard InChI is InChI=1S/C25H37N7OS2.C12H15NO/c1-26-18-35-24(30-27-2)21-10-6-9-20(14-21)17-34-25(31-28-3)29-23(33)16-19-8-7-11-22(15-19)32-12-4-5-13-32;14-9-6-11-4-3-5-12(10-11)13-7-1-2-8-13/h7-8,11,15,20-21,26H,2-6,9-10,12-14,16-18H2,1H3,(H,29,31,33);3-5,9-10H,1-2,6-8H2/b30-24-;/t20?,21-;/m0./s1. The predicted octanol–water partition coefficient (Wildman–Crippen LogP) is 6.41. The molecule has 3 aliphatic rings. The van der Waals surface area contributed by atoms with E-state index >= 15 is 0 Å². The fourth-order valence-electron chi connectivity index (χ4n) is 6.60. The summed E-state index contributed by atoms with van der Waals surface area (Å²) in [7, 11) is 1.93. The molecule has 12 heteroatoms. The zero-order valence-corrected chi connectivity index (χ0v) is 30.5. The first-order valence-electron chi connectivity index (χ1n) is 17.4. The number of hydrogen-bond donors (Lipinski definition) is 2. The third-order valence-electron chi connectivity index (χ3n) is 8.98. The highest BCUT2D eigenvalue weighted by Gasteiger charge is 2.27. The number of rotatable bonds is 13. The number of anilines is 2. The molecular formula is C37H52N8O2S2. The largest absolute Gasteiger partial charge is 0.372 e. The molecule has 49 heavy (non-hydrogen) atoms. The Labute approximate surface area is 300 Å². The molecule has 2 N–H and O–H groups in total. The minimum Gasteiger partial charge on any atom is -0.372 e. The van der Waals surface area contributed by atoms with Gasteiger partial charge in [-0.2, -0.15) is 10.2 Å². The van der Waals surface area contributed by atoms with E-state index in [0.717, 1.165) is 85.9 Å². The summed E-state index contributed by atoms with van der Waals surface area (Å²) in [5.41, 5.74) is 4.57. The zero-order valence-electron chi connectivity index (χ0n) is 28.9. The van der Waals surface area contributed by atoms with Crippen LogP contribution in [0.3, 0.4) is 0 Å². The summed E-state index contributed by atoms with van der Waals surface area (Å²) in [5.74, 6) is 2.48. The number of carbonyl (C=O) groups excluding carboxylic acids is 2. The van der Waals surface area contributed by atoms with Crippen LogP contribution in [-0.2, 0) is 22.4 Å². The van der Waals surface area contributed by atoms with Crippen LogP contribution in [0, 0.1) is 11.8 Å². The SMILES string of the molecule is C=N/N=C(/NC(=O)Cc1cccc(N2CCCC2)c1)SCC1CCC[C@H](/C(=N/N=C)SCNC)C1.O=CCc1cccc(N2CCCC2)c1. The minimum atomic E-state index is -0.0880. The molecule has 2 atom stereocenters. The molecule has 2 aromatic rings. The maximum Gasteiger partial charge on any atom is 0.230 e. The average Bonchev–Trinajstić information content (AvgIpc) is 3.86. The van der Waals surface area contributed by atoms with E-state index in [1.165, 1.54) is 37.1 Å². The molecule has 3 fully saturated rings. The number of nitrogens with one attached hydrogen (secondary N) is 2. The van der Waals surface area contributed by atoms with Crippen LogP contribution in [0.1, 0.15) is 62.5 Å². The lowest BCUT2D eigenvalue weighted by molar-refractivity contribution is -0.119. The number of amidine groups is 1. The van der Waals surface area contributed by atoms with Crippen LogP contribution in [0.2, 0.25) is 0 Å². The van der Waals surface area contributed by atoms with Gasteiger partial charge in [0.05, 0.1) is 6.42 Å². The molecule has 1 aliphatic carbocycles. The summed E-state index contributed by atoms with van der Waals surface area (Å²) < 4.78 is 0. The second-order valence-electron chi connectivity index (χ2n) is 12.6. The molecule has 0 radical (unpaired) electrons. The molecule has 264 valence electrons. The zero-order chi connectivity index (χ0) is 34.7. The fourth-order valence-corrected chi connectivity index (χ4v) is 8.46. The first-order valence-corrected chi connectivity index (χ1v) is 19.4. The molecule has 1 saturated carbocycles. The highest BCUT2D eigenvalue weighted by molar-refractivity contribution is 8.14. The summed E-state index contributed by atoms with van der Waals surface area (Å²) in [5, 5.41) is 23.5. The molecule has 10 nitrogen and oxygen atoms in total. The van der Waals surface area contributed by atoms with Crippen molar-refractivity contribution in [2.45, 2.75) is 64.2 Å².